The van der Waals surface area contributed by atoms with E-state index in [4.69, 9.17) is 14.6 Å². The van der Waals surface area contributed by atoms with Crippen LogP contribution in [-0.4, -0.2) is 64.3 Å². The first-order valence-electron chi connectivity index (χ1n) is 6.86. The molecule has 1 aromatic carbocycles. The van der Waals surface area contributed by atoms with Crippen molar-refractivity contribution < 1.29 is 29.9 Å². The van der Waals surface area contributed by atoms with Crippen LogP contribution in [0.4, 0.5) is 5.69 Å². The Morgan fingerprint density at radius 2 is 1.76 bits per heavy atom. The molecule has 2 rings (SSSR count). The summed E-state index contributed by atoms with van der Waals surface area (Å²) in [5, 5.41) is 41.4. The van der Waals surface area contributed by atoms with Crippen molar-refractivity contribution in [2.24, 2.45) is 0 Å². The zero-order valence-electron chi connectivity index (χ0n) is 11.7. The highest BCUT2D eigenvalue weighted by Crippen LogP contribution is 2.24. The van der Waals surface area contributed by atoms with Crippen LogP contribution in [0.3, 0.4) is 0 Å². The number of benzene rings is 1. The minimum Gasteiger partial charge on any atom is -0.494 e. The molecule has 7 heteroatoms. The maximum absolute atomic E-state index is 9.92. The number of nitrogens with one attached hydrogen (secondary N) is 1. The lowest BCUT2D eigenvalue weighted by Gasteiger charge is -2.40. The van der Waals surface area contributed by atoms with Crippen LogP contribution in [0.5, 0.6) is 5.75 Å². The number of ether oxygens (including phenoxy) is 2. The number of aliphatic hydroxyl groups excluding tert-OH is 4. The highest BCUT2D eigenvalue weighted by atomic mass is 16.6. The summed E-state index contributed by atoms with van der Waals surface area (Å²) in [6, 6.07) is 7.00. The molecule has 0 radical (unpaired) electrons. The highest BCUT2D eigenvalue weighted by Gasteiger charge is 2.43. The summed E-state index contributed by atoms with van der Waals surface area (Å²) in [5.41, 5.74) is 0.655. The topological polar surface area (TPSA) is 111 Å². The van der Waals surface area contributed by atoms with E-state index in [-0.39, 0.29) is 0 Å². The van der Waals surface area contributed by atoms with E-state index >= 15 is 0 Å². The SMILES string of the molecule is CCOc1ccc(N[C@@H]2O[C@H](CO)[C@H](O)[C@H](O)[C@@H]2O)cc1. The van der Waals surface area contributed by atoms with E-state index in [1.54, 1.807) is 24.3 Å². The fourth-order valence-electron chi connectivity index (χ4n) is 2.20. The van der Waals surface area contributed by atoms with E-state index < -0.39 is 37.3 Å². The van der Waals surface area contributed by atoms with Crippen molar-refractivity contribution in [3.05, 3.63) is 24.3 Å². The summed E-state index contributed by atoms with van der Waals surface area (Å²) >= 11 is 0. The van der Waals surface area contributed by atoms with E-state index in [1.807, 2.05) is 6.92 Å². The average Bonchev–Trinajstić information content (AvgIpc) is 2.50. The molecule has 0 bridgehead atoms. The summed E-state index contributed by atoms with van der Waals surface area (Å²) in [6.07, 6.45) is -5.92. The Morgan fingerprint density at radius 3 is 2.33 bits per heavy atom. The minimum atomic E-state index is -1.39. The average molecular weight is 299 g/mol. The summed E-state index contributed by atoms with van der Waals surface area (Å²) in [7, 11) is 0. The molecule has 0 spiro atoms. The van der Waals surface area contributed by atoms with Gasteiger partial charge in [-0.2, -0.15) is 0 Å². The van der Waals surface area contributed by atoms with Crippen molar-refractivity contribution in [1.82, 2.24) is 0 Å². The molecule has 0 saturated carbocycles. The van der Waals surface area contributed by atoms with Gasteiger partial charge in [-0.25, -0.2) is 0 Å². The van der Waals surface area contributed by atoms with Crippen molar-refractivity contribution in [2.75, 3.05) is 18.5 Å². The van der Waals surface area contributed by atoms with Crippen LogP contribution in [0.1, 0.15) is 6.92 Å². The van der Waals surface area contributed by atoms with Crippen LogP contribution in [0.2, 0.25) is 0 Å². The number of anilines is 1. The molecule has 21 heavy (non-hydrogen) atoms. The van der Waals surface area contributed by atoms with Crippen LogP contribution in [0, 0.1) is 0 Å². The lowest BCUT2D eigenvalue weighted by molar-refractivity contribution is -0.221. The molecule has 0 amide bonds. The predicted molar refractivity (Wildman–Crippen MR) is 75.0 cm³/mol. The summed E-state index contributed by atoms with van der Waals surface area (Å²) < 4.78 is 10.7. The van der Waals surface area contributed by atoms with Crippen LogP contribution in [0.25, 0.3) is 0 Å². The Hall–Kier alpha value is -1.38. The second-order valence-corrected chi connectivity index (χ2v) is 4.85. The van der Waals surface area contributed by atoms with Gasteiger partial charge in [-0.15, -0.1) is 0 Å². The van der Waals surface area contributed by atoms with E-state index in [1.165, 1.54) is 0 Å². The van der Waals surface area contributed by atoms with Gasteiger partial charge in [0.05, 0.1) is 13.2 Å². The Morgan fingerprint density at radius 1 is 1.10 bits per heavy atom. The standard InChI is InChI=1S/C14H21NO6/c1-2-20-9-5-3-8(4-6-9)15-14-13(19)12(18)11(17)10(7-16)21-14/h3-6,10-19H,2,7H2,1H3/t10-,11+,12+,13+,14-/m1/s1. The van der Waals surface area contributed by atoms with Crippen molar-refractivity contribution in [3.63, 3.8) is 0 Å². The largest absolute Gasteiger partial charge is 0.494 e. The van der Waals surface area contributed by atoms with Gasteiger partial charge in [0.15, 0.2) is 6.23 Å². The molecule has 0 aromatic heterocycles. The number of hydrogen-bond donors (Lipinski definition) is 5. The lowest BCUT2D eigenvalue weighted by Crippen LogP contribution is -2.60. The lowest BCUT2D eigenvalue weighted by atomic mass is 9.98. The zero-order chi connectivity index (χ0) is 15.4. The van der Waals surface area contributed by atoms with E-state index in [0.717, 1.165) is 5.75 Å². The highest BCUT2D eigenvalue weighted by molar-refractivity contribution is 5.47. The van der Waals surface area contributed by atoms with Gasteiger partial charge >= 0.3 is 0 Å². The van der Waals surface area contributed by atoms with Crippen LogP contribution >= 0.6 is 0 Å². The van der Waals surface area contributed by atoms with E-state index in [2.05, 4.69) is 5.32 Å². The Kier molecular flexibility index (Phi) is 5.38. The summed E-state index contributed by atoms with van der Waals surface area (Å²) in [6.45, 7) is 2.01. The van der Waals surface area contributed by atoms with Gasteiger partial charge in [-0.3, -0.25) is 0 Å². The van der Waals surface area contributed by atoms with E-state index in [0.29, 0.717) is 12.3 Å². The van der Waals surface area contributed by atoms with Gasteiger partial charge in [0.25, 0.3) is 0 Å². The minimum absolute atomic E-state index is 0.452. The van der Waals surface area contributed by atoms with Gasteiger partial charge in [0.1, 0.15) is 30.2 Å². The molecule has 1 fully saturated rings. The predicted octanol–water partition coefficient (Wildman–Crippen LogP) is -0.703. The monoisotopic (exact) mass is 299 g/mol. The molecule has 1 aliphatic heterocycles. The van der Waals surface area contributed by atoms with Gasteiger partial charge in [-0.05, 0) is 31.2 Å². The maximum Gasteiger partial charge on any atom is 0.157 e. The smallest absolute Gasteiger partial charge is 0.157 e. The molecule has 1 aliphatic rings. The second-order valence-electron chi connectivity index (χ2n) is 4.85. The van der Waals surface area contributed by atoms with Gasteiger partial charge in [0.2, 0.25) is 0 Å². The maximum atomic E-state index is 9.92. The molecule has 1 saturated heterocycles. The molecule has 1 heterocycles. The van der Waals surface area contributed by atoms with Crippen molar-refractivity contribution >= 4 is 5.69 Å². The normalized spacial score (nSPS) is 32.7. The van der Waals surface area contributed by atoms with Gasteiger partial charge in [0, 0.05) is 5.69 Å². The molecule has 7 nitrogen and oxygen atoms in total. The molecule has 5 atom stereocenters. The van der Waals surface area contributed by atoms with Gasteiger partial charge < -0.3 is 35.2 Å². The van der Waals surface area contributed by atoms with Crippen molar-refractivity contribution in [2.45, 2.75) is 37.6 Å². The molecule has 118 valence electrons. The fraction of sp³-hybridized carbons (Fsp3) is 0.571. The first-order valence-corrected chi connectivity index (χ1v) is 6.86. The first kappa shape index (κ1) is 16.0. The van der Waals surface area contributed by atoms with Crippen molar-refractivity contribution in [1.29, 1.82) is 0 Å². The molecule has 5 N–H and O–H groups in total. The number of rotatable bonds is 5. The second kappa shape index (κ2) is 7.06. The van der Waals surface area contributed by atoms with Crippen LogP contribution in [-0.2, 0) is 4.74 Å². The molecule has 0 aliphatic carbocycles. The Balaban J connectivity index is 2.03. The van der Waals surface area contributed by atoms with Crippen molar-refractivity contribution in [3.8, 4) is 5.75 Å². The molecule has 0 unspecified atom stereocenters. The Labute approximate surface area is 122 Å². The fourth-order valence-corrected chi connectivity index (χ4v) is 2.20. The number of aliphatic hydroxyl groups is 4. The third-order valence-electron chi connectivity index (χ3n) is 3.37. The quantitative estimate of drug-likeness (QED) is 0.489. The third-order valence-corrected chi connectivity index (χ3v) is 3.37. The summed E-state index contributed by atoms with van der Waals surface area (Å²) in [4.78, 5) is 0. The van der Waals surface area contributed by atoms with Crippen LogP contribution < -0.4 is 10.1 Å². The number of hydrogen-bond acceptors (Lipinski definition) is 7. The Bertz CT molecular complexity index is 438. The molecular weight excluding hydrogens is 278 g/mol. The molecule has 1 aromatic rings. The summed E-state index contributed by atoms with van der Waals surface area (Å²) in [5.74, 6) is 0.719. The first-order chi connectivity index (χ1) is 10.1. The van der Waals surface area contributed by atoms with Crippen LogP contribution in [0.15, 0.2) is 24.3 Å². The van der Waals surface area contributed by atoms with Gasteiger partial charge in [-0.1, -0.05) is 0 Å². The van der Waals surface area contributed by atoms with E-state index in [9.17, 15) is 15.3 Å². The zero-order valence-corrected chi connectivity index (χ0v) is 11.7. The molecular formula is C14H21NO6. The third kappa shape index (κ3) is 3.63.